The van der Waals surface area contributed by atoms with Gasteiger partial charge in [-0.05, 0) is 29.8 Å². The minimum absolute atomic E-state index is 0.326. The zero-order chi connectivity index (χ0) is 20.1. The van der Waals surface area contributed by atoms with Crippen LogP contribution in [0.15, 0.2) is 55.0 Å². The Morgan fingerprint density at radius 2 is 2.00 bits per heavy atom. The van der Waals surface area contributed by atoms with Crippen LogP contribution in [0.3, 0.4) is 0 Å². The van der Waals surface area contributed by atoms with Gasteiger partial charge in [0.25, 0.3) is 0 Å². The van der Waals surface area contributed by atoms with E-state index in [9.17, 15) is 5.26 Å². The predicted octanol–water partition coefficient (Wildman–Crippen LogP) is 4.13. The van der Waals surface area contributed by atoms with Crippen molar-refractivity contribution in [3.8, 4) is 27.8 Å². The minimum atomic E-state index is 0.326. The molecule has 0 amide bonds. The quantitative estimate of drug-likeness (QED) is 0.505. The lowest BCUT2D eigenvalue weighted by Gasteiger charge is -2.54. The number of hydrogen-bond acceptors (Lipinski definition) is 7. The zero-order valence-electron chi connectivity index (χ0n) is 16.1. The maximum absolute atomic E-state index is 9.34. The van der Waals surface area contributed by atoms with Gasteiger partial charge in [0.2, 0.25) is 0 Å². The molecule has 6 rings (SSSR count). The van der Waals surface area contributed by atoms with E-state index in [1.807, 2.05) is 36.5 Å². The smallest absolute Gasteiger partial charge is 0.186 e. The summed E-state index contributed by atoms with van der Waals surface area (Å²) in [5, 5.41) is 11.4. The summed E-state index contributed by atoms with van der Waals surface area (Å²) < 4.78 is 5.41. The van der Waals surface area contributed by atoms with E-state index < -0.39 is 0 Å². The van der Waals surface area contributed by atoms with E-state index >= 15 is 0 Å². The molecule has 6 nitrogen and oxygen atoms in total. The highest BCUT2D eigenvalue weighted by atomic mass is 32.1. The molecule has 4 heterocycles. The molecule has 2 aromatic carbocycles. The molecule has 0 aliphatic carbocycles. The van der Waals surface area contributed by atoms with Crippen molar-refractivity contribution in [3.63, 3.8) is 0 Å². The summed E-state index contributed by atoms with van der Waals surface area (Å²) in [4.78, 5) is 16.9. The van der Waals surface area contributed by atoms with Crippen molar-refractivity contribution in [2.75, 3.05) is 31.2 Å². The Morgan fingerprint density at radius 3 is 2.80 bits per heavy atom. The van der Waals surface area contributed by atoms with Gasteiger partial charge in [0.15, 0.2) is 5.13 Å². The van der Waals surface area contributed by atoms with Crippen molar-refractivity contribution in [2.45, 2.75) is 0 Å². The van der Waals surface area contributed by atoms with Crippen LogP contribution >= 0.6 is 11.3 Å². The summed E-state index contributed by atoms with van der Waals surface area (Å²) in [6.07, 6.45) is 3.40. The topological polar surface area (TPSA) is 74.9 Å². The van der Waals surface area contributed by atoms with Crippen molar-refractivity contribution in [2.24, 2.45) is 5.41 Å². The molecule has 0 radical (unpaired) electrons. The fourth-order valence-corrected chi connectivity index (χ4v) is 5.25. The zero-order valence-corrected chi connectivity index (χ0v) is 16.9. The third-order valence-corrected chi connectivity index (χ3v) is 6.95. The maximum atomic E-state index is 9.34. The number of anilines is 1. The number of thiazole rings is 1. The van der Waals surface area contributed by atoms with Crippen LogP contribution in [-0.2, 0) is 4.74 Å². The summed E-state index contributed by atoms with van der Waals surface area (Å²) in [5.41, 5.74) is 4.83. The first-order chi connectivity index (χ1) is 14.7. The van der Waals surface area contributed by atoms with Gasteiger partial charge in [0, 0.05) is 30.2 Å². The van der Waals surface area contributed by atoms with Crippen molar-refractivity contribution in [1.29, 1.82) is 5.26 Å². The SMILES string of the molecule is N#Cc1cccc(-c2nc(N3CC4(COC4)C3)sc2-c2ccc3ncncc3c2)c1. The van der Waals surface area contributed by atoms with Crippen molar-refractivity contribution in [1.82, 2.24) is 15.0 Å². The second kappa shape index (κ2) is 6.59. The first-order valence-electron chi connectivity index (χ1n) is 9.77. The van der Waals surface area contributed by atoms with Gasteiger partial charge in [-0.2, -0.15) is 5.26 Å². The number of nitrogens with zero attached hydrogens (tertiary/aromatic N) is 5. The van der Waals surface area contributed by atoms with Gasteiger partial charge in [-0.15, -0.1) is 0 Å². The van der Waals surface area contributed by atoms with Gasteiger partial charge in [0.05, 0.1) is 46.3 Å². The highest BCUT2D eigenvalue weighted by Gasteiger charge is 2.50. The van der Waals surface area contributed by atoms with Gasteiger partial charge in [0.1, 0.15) is 6.33 Å². The fourth-order valence-electron chi connectivity index (χ4n) is 4.17. The highest BCUT2D eigenvalue weighted by molar-refractivity contribution is 7.19. The Balaban J connectivity index is 1.46. The number of aromatic nitrogens is 3. The summed E-state index contributed by atoms with van der Waals surface area (Å²) in [5.74, 6) is 0. The molecule has 2 aliphatic rings. The molecule has 7 heteroatoms. The summed E-state index contributed by atoms with van der Waals surface area (Å²) >= 11 is 1.70. The molecule has 146 valence electrons. The first kappa shape index (κ1) is 17.5. The average molecular weight is 411 g/mol. The van der Waals surface area contributed by atoms with E-state index in [-0.39, 0.29) is 0 Å². The van der Waals surface area contributed by atoms with E-state index in [1.54, 1.807) is 17.7 Å². The Labute approximate surface area is 177 Å². The normalized spacial score (nSPS) is 16.8. The summed E-state index contributed by atoms with van der Waals surface area (Å²) in [7, 11) is 0. The van der Waals surface area contributed by atoms with Crippen LogP contribution in [-0.4, -0.2) is 41.3 Å². The molecule has 0 saturated carbocycles. The van der Waals surface area contributed by atoms with Crippen LogP contribution in [0.2, 0.25) is 0 Å². The Morgan fingerprint density at radius 1 is 1.10 bits per heavy atom. The molecule has 2 aromatic heterocycles. The molecular formula is C23H17N5OS. The van der Waals surface area contributed by atoms with Gasteiger partial charge in [-0.1, -0.05) is 29.5 Å². The number of hydrogen-bond donors (Lipinski definition) is 0. The number of fused-ring (bicyclic) bond motifs is 1. The van der Waals surface area contributed by atoms with E-state index in [0.29, 0.717) is 11.0 Å². The van der Waals surface area contributed by atoms with Crippen LogP contribution in [0.4, 0.5) is 5.13 Å². The van der Waals surface area contributed by atoms with E-state index in [1.165, 1.54) is 0 Å². The van der Waals surface area contributed by atoms with Crippen LogP contribution in [0.1, 0.15) is 5.56 Å². The number of rotatable bonds is 3. The molecule has 0 N–H and O–H groups in total. The van der Waals surface area contributed by atoms with E-state index in [4.69, 9.17) is 9.72 Å². The second-order valence-electron chi connectivity index (χ2n) is 8.01. The lowest BCUT2D eigenvalue weighted by Crippen LogP contribution is -2.66. The van der Waals surface area contributed by atoms with Gasteiger partial charge < -0.3 is 9.64 Å². The van der Waals surface area contributed by atoms with Crippen LogP contribution in [0.25, 0.3) is 32.6 Å². The van der Waals surface area contributed by atoms with Crippen LogP contribution < -0.4 is 4.90 Å². The molecule has 0 unspecified atom stereocenters. The molecule has 1 spiro atoms. The third kappa shape index (κ3) is 2.76. The molecule has 4 aromatic rings. The Bertz CT molecular complexity index is 1310. The first-order valence-corrected chi connectivity index (χ1v) is 10.6. The van der Waals surface area contributed by atoms with E-state index in [2.05, 4.69) is 33.1 Å². The lowest BCUT2D eigenvalue weighted by molar-refractivity contribution is -0.127. The summed E-state index contributed by atoms with van der Waals surface area (Å²) in [6, 6.07) is 16.1. The summed E-state index contributed by atoms with van der Waals surface area (Å²) in [6.45, 7) is 3.68. The van der Waals surface area contributed by atoms with Crippen LogP contribution in [0.5, 0.6) is 0 Å². The lowest BCUT2D eigenvalue weighted by atomic mass is 9.78. The molecule has 30 heavy (non-hydrogen) atoms. The highest BCUT2D eigenvalue weighted by Crippen LogP contribution is 2.46. The molecule has 2 saturated heterocycles. The molecule has 0 atom stereocenters. The molecule has 2 aliphatic heterocycles. The molecule has 0 bridgehead atoms. The number of ether oxygens (including phenoxy) is 1. The van der Waals surface area contributed by atoms with Gasteiger partial charge in [-0.3, -0.25) is 0 Å². The fraction of sp³-hybridized carbons (Fsp3) is 0.217. The van der Waals surface area contributed by atoms with Crippen molar-refractivity contribution < 1.29 is 4.74 Å². The monoisotopic (exact) mass is 411 g/mol. The largest absolute Gasteiger partial charge is 0.380 e. The molecular weight excluding hydrogens is 394 g/mol. The van der Waals surface area contributed by atoms with Crippen molar-refractivity contribution >= 4 is 27.4 Å². The Hall–Kier alpha value is -3.34. The maximum Gasteiger partial charge on any atom is 0.186 e. The average Bonchev–Trinajstić information content (AvgIpc) is 3.16. The Kier molecular flexibility index (Phi) is 3.85. The van der Waals surface area contributed by atoms with Crippen LogP contribution in [0, 0.1) is 16.7 Å². The number of nitriles is 1. The number of benzene rings is 2. The minimum Gasteiger partial charge on any atom is -0.380 e. The van der Waals surface area contributed by atoms with Crippen molar-refractivity contribution in [3.05, 3.63) is 60.6 Å². The standard InChI is InChI=1S/C23H17N5OS/c24-8-15-2-1-3-16(6-15)20-21(17-4-5-19-18(7-17)9-25-14-26-19)30-22(27-20)28-10-23(11-28)12-29-13-23/h1-7,9,14H,10-13H2. The third-order valence-electron chi connectivity index (χ3n) is 5.79. The predicted molar refractivity (Wildman–Crippen MR) is 116 cm³/mol. The van der Waals surface area contributed by atoms with Gasteiger partial charge in [-0.25, -0.2) is 15.0 Å². The van der Waals surface area contributed by atoms with E-state index in [0.717, 1.165) is 64.0 Å². The second-order valence-corrected chi connectivity index (χ2v) is 8.99. The molecule has 2 fully saturated rings. The van der Waals surface area contributed by atoms with Gasteiger partial charge >= 0.3 is 0 Å².